The van der Waals surface area contributed by atoms with Crippen molar-refractivity contribution in [1.82, 2.24) is 4.68 Å². The Hall–Kier alpha value is -2.42. The van der Waals surface area contributed by atoms with Gasteiger partial charge in [0, 0.05) is 36.2 Å². The molecule has 3 nitrogen and oxygen atoms in total. The molecule has 0 radical (unpaired) electrons. The quantitative estimate of drug-likeness (QED) is 0.645. The standard InChI is InChI=1S/C19H23N3/c1-14-13-15(2)19(22-12-8-10-20(22)5)17(4)18(14)21-11-7-6-9-16(21)3/h6-13H,1-5H3/q+2. The highest BCUT2D eigenvalue weighted by atomic mass is 15.4. The zero-order valence-electron chi connectivity index (χ0n) is 14.0. The average Bonchev–Trinajstić information content (AvgIpc) is 2.87. The Balaban J connectivity index is 2.34. The fraction of sp³-hybridized carbons (Fsp3) is 0.263. The number of rotatable bonds is 2. The van der Waals surface area contributed by atoms with E-state index in [2.05, 4.69) is 97.6 Å². The largest absolute Gasteiger partial charge is 0.248 e. The summed E-state index contributed by atoms with van der Waals surface area (Å²) in [5.74, 6) is 0. The lowest BCUT2D eigenvalue weighted by Crippen LogP contribution is -2.42. The van der Waals surface area contributed by atoms with E-state index < -0.39 is 0 Å². The predicted molar refractivity (Wildman–Crippen MR) is 87.4 cm³/mol. The zero-order valence-corrected chi connectivity index (χ0v) is 14.0. The predicted octanol–water partition coefficient (Wildman–Crippen LogP) is 2.81. The van der Waals surface area contributed by atoms with E-state index >= 15 is 0 Å². The molecule has 2 aromatic heterocycles. The van der Waals surface area contributed by atoms with Crippen molar-refractivity contribution < 1.29 is 9.25 Å². The van der Waals surface area contributed by atoms with Crippen LogP contribution >= 0.6 is 0 Å². The molecule has 2 heterocycles. The molecule has 112 valence electrons. The Morgan fingerprint density at radius 3 is 2.23 bits per heavy atom. The maximum Gasteiger partial charge on any atom is 0.248 e. The number of hydrogen-bond donors (Lipinski definition) is 0. The molecule has 0 spiro atoms. The van der Waals surface area contributed by atoms with Crippen molar-refractivity contribution >= 4 is 0 Å². The van der Waals surface area contributed by atoms with E-state index in [9.17, 15) is 0 Å². The maximum absolute atomic E-state index is 2.27. The van der Waals surface area contributed by atoms with Gasteiger partial charge in [-0.25, -0.2) is 0 Å². The van der Waals surface area contributed by atoms with E-state index in [1.54, 1.807) is 0 Å². The Morgan fingerprint density at radius 1 is 0.864 bits per heavy atom. The summed E-state index contributed by atoms with van der Waals surface area (Å²) in [7, 11) is 2.07. The van der Waals surface area contributed by atoms with Crippen molar-refractivity contribution in [2.45, 2.75) is 27.7 Å². The summed E-state index contributed by atoms with van der Waals surface area (Å²) in [5, 5.41) is 0. The first-order chi connectivity index (χ1) is 10.5. The molecule has 0 saturated heterocycles. The first kappa shape index (κ1) is 14.5. The number of nitrogens with zero attached hydrogens (tertiary/aromatic N) is 3. The molecule has 3 rings (SSSR count). The molecule has 22 heavy (non-hydrogen) atoms. The lowest BCUT2D eigenvalue weighted by Gasteiger charge is -2.10. The van der Waals surface area contributed by atoms with Gasteiger partial charge >= 0.3 is 0 Å². The van der Waals surface area contributed by atoms with Crippen LogP contribution in [-0.2, 0) is 7.05 Å². The number of hydrogen-bond acceptors (Lipinski definition) is 0. The summed E-state index contributed by atoms with van der Waals surface area (Å²) < 4.78 is 6.58. The number of aryl methyl sites for hydroxylation is 4. The van der Waals surface area contributed by atoms with Gasteiger partial charge < -0.3 is 0 Å². The van der Waals surface area contributed by atoms with Crippen LogP contribution in [0.15, 0.2) is 48.9 Å². The first-order valence-corrected chi connectivity index (χ1v) is 7.63. The van der Waals surface area contributed by atoms with Gasteiger partial charge in [0.25, 0.3) is 0 Å². The van der Waals surface area contributed by atoms with Crippen LogP contribution < -0.4 is 9.25 Å². The fourth-order valence-corrected chi connectivity index (χ4v) is 3.32. The van der Waals surface area contributed by atoms with E-state index in [0.717, 1.165) is 0 Å². The second kappa shape index (κ2) is 5.41. The van der Waals surface area contributed by atoms with Gasteiger partial charge in [0.2, 0.25) is 17.6 Å². The van der Waals surface area contributed by atoms with Crippen LogP contribution in [0.25, 0.3) is 11.4 Å². The van der Waals surface area contributed by atoms with Crippen LogP contribution in [0, 0.1) is 27.7 Å². The molecule has 0 unspecified atom stereocenters. The lowest BCUT2D eigenvalue weighted by molar-refractivity contribution is -0.683. The minimum Gasteiger partial charge on any atom is -0.164 e. The minimum absolute atomic E-state index is 1.24. The maximum atomic E-state index is 2.27. The third kappa shape index (κ3) is 2.23. The highest BCUT2D eigenvalue weighted by Crippen LogP contribution is 2.22. The van der Waals surface area contributed by atoms with Crippen molar-refractivity contribution in [2.75, 3.05) is 0 Å². The van der Waals surface area contributed by atoms with Crippen LogP contribution in [-0.4, -0.2) is 4.68 Å². The molecule has 0 aliphatic rings. The van der Waals surface area contributed by atoms with Gasteiger partial charge in [-0.2, -0.15) is 9.25 Å². The molecule has 0 N–H and O–H groups in total. The molecule has 0 fully saturated rings. The Kier molecular flexibility index (Phi) is 3.57. The summed E-state index contributed by atoms with van der Waals surface area (Å²) >= 11 is 0. The topological polar surface area (TPSA) is 12.7 Å². The third-order valence-electron chi connectivity index (χ3n) is 4.29. The molecule has 0 saturated carbocycles. The molecular weight excluding hydrogens is 270 g/mol. The van der Waals surface area contributed by atoms with Gasteiger partial charge in [-0.15, -0.1) is 0 Å². The van der Waals surface area contributed by atoms with Gasteiger partial charge in [0.15, 0.2) is 11.9 Å². The zero-order chi connectivity index (χ0) is 15.9. The van der Waals surface area contributed by atoms with E-state index in [0.29, 0.717) is 0 Å². The Labute approximate surface area is 132 Å². The van der Waals surface area contributed by atoms with Gasteiger partial charge in [-0.05, 0) is 26.8 Å². The Morgan fingerprint density at radius 2 is 1.59 bits per heavy atom. The van der Waals surface area contributed by atoms with Gasteiger partial charge in [-0.1, -0.05) is 10.7 Å². The third-order valence-corrected chi connectivity index (χ3v) is 4.29. The minimum atomic E-state index is 1.24. The number of pyridine rings is 1. The normalized spacial score (nSPS) is 11.0. The molecule has 0 bridgehead atoms. The summed E-state index contributed by atoms with van der Waals surface area (Å²) in [5.41, 5.74) is 7.65. The van der Waals surface area contributed by atoms with E-state index in [1.165, 1.54) is 33.8 Å². The van der Waals surface area contributed by atoms with Gasteiger partial charge in [0.1, 0.15) is 0 Å². The highest BCUT2D eigenvalue weighted by Gasteiger charge is 2.26. The first-order valence-electron chi connectivity index (χ1n) is 7.63. The molecule has 3 heteroatoms. The van der Waals surface area contributed by atoms with E-state index in [1.807, 2.05) is 0 Å². The van der Waals surface area contributed by atoms with Crippen LogP contribution in [0.3, 0.4) is 0 Å². The van der Waals surface area contributed by atoms with E-state index in [4.69, 9.17) is 0 Å². The van der Waals surface area contributed by atoms with Crippen molar-refractivity contribution in [3.05, 3.63) is 71.3 Å². The lowest BCUT2D eigenvalue weighted by atomic mass is 10.0. The second-order valence-corrected chi connectivity index (χ2v) is 5.95. The van der Waals surface area contributed by atoms with Crippen LogP contribution in [0.5, 0.6) is 0 Å². The molecule has 3 aromatic rings. The summed E-state index contributed by atoms with van der Waals surface area (Å²) in [4.78, 5) is 0. The summed E-state index contributed by atoms with van der Waals surface area (Å²) in [6.45, 7) is 8.73. The van der Waals surface area contributed by atoms with Crippen molar-refractivity contribution in [1.29, 1.82) is 0 Å². The summed E-state index contributed by atoms with van der Waals surface area (Å²) in [6, 6.07) is 10.7. The van der Waals surface area contributed by atoms with E-state index in [-0.39, 0.29) is 0 Å². The van der Waals surface area contributed by atoms with Gasteiger partial charge in [0.05, 0.1) is 18.8 Å². The highest BCUT2D eigenvalue weighted by molar-refractivity contribution is 5.53. The average molecular weight is 293 g/mol. The fourth-order valence-electron chi connectivity index (χ4n) is 3.32. The van der Waals surface area contributed by atoms with Crippen LogP contribution in [0.4, 0.5) is 0 Å². The van der Waals surface area contributed by atoms with Crippen molar-refractivity contribution in [3.63, 3.8) is 0 Å². The number of aromatic nitrogens is 3. The van der Waals surface area contributed by atoms with Crippen molar-refractivity contribution in [3.8, 4) is 11.4 Å². The van der Waals surface area contributed by atoms with Gasteiger partial charge in [-0.3, -0.25) is 0 Å². The molecule has 0 atom stereocenters. The molecule has 1 aromatic carbocycles. The van der Waals surface area contributed by atoms with Crippen LogP contribution in [0.1, 0.15) is 22.4 Å². The molecular formula is C19H23N3+2. The second-order valence-electron chi connectivity index (χ2n) is 5.95. The van der Waals surface area contributed by atoms with Crippen molar-refractivity contribution in [2.24, 2.45) is 7.05 Å². The molecule has 0 aliphatic carbocycles. The monoisotopic (exact) mass is 293 g/mol. The Bertz CT molecular complexity index is 844. The SMILES string of the molecule is Cc1cc(C)c(-[n+]2cccn2C)c(C)c1-[n+]1ccccc1C. The summed E-state index contributed by atoms with van der Waals surface area (Å²) in [6.07, 6.45) is 6.32. The molecule has 0 amide bonds. The van der Waals surface area contributed by atoms with Crippen LogP contribution in [0.2, 0.25) is 0 Å². The molecule has 0 aliphatic heterocycles. The smallest absolute Gasteiger partial charge is 0.164 e. The number of benzene rings is 1.